The number of carboxylic acids is 1. The van der Waals surface area contributed by atoms with Gasteiger partial charge in [0, 0.05) is 5.56 Å². The van der Waals surface area contributed by atoms with Crippen LogP contribution in [0.1, 0.15) is 6.92 Å². The zero-order chi connectivity index (χ0) is 16.1. The first-order valence-corrected chi connectivity index (χ1v) is 6.45. The normalized spacial score (nSPS) is 11.7. The Morgan fingerprint density at radius 1 is 1.36 bits per heavy atom. The monoisotopic (exact) mass is 305 g/mol. The number of ether oxygens (including phenoxy) is 1. The van der Waals surface area contributed by atoms with Gasteiger partial charge in [-0.15, -0.1) is 10.2 Å². The number of tetrazole rings is 1. The Hall–Kier alpha value is -2.97. The van der Waals surface area contributed by atoms with Crippen LogP contribution in [-0.4, -0.2) is 49.8 Å². The molecule has 1 amide bonds. The molecule has 9 nitrogen and oxygen atoms in total. The molecule has 2 rings (SSSR count). The molecule has 2 N–H and O–H groups in total. The van der Waals surface area contributed by atoms with E-state index in [2.05, 4.69) is 20.7 Å². The van der Waals surface area contributed by atoms with Crippen molar-refractivity contribution in [2.75, 3.05) is 6.61 Å². The molecule has 116 valence electrons. The first-order valence-electron chi connectivity index (χ1n) is 6.45. The number of hydrogen-bond donors (Lipinski definition) is 2. The number of carbonyl (C=O) groups is 2. The molecule has 0 fully saturated rings. The molecule has 0 bridgehead atoms. The Kier molecular flexibility index (Phi) is 4.66. The van der Waals surface area contributed by atoms with Gasteiger partial charge in [0.25, 0.3) is 5.91 Å². The summed E-state index contributed by atoms with van der Waals surface area (Å²) < 4.78 is 5.28. The minimum atomic E-state index is -1.10. The van der Waals surface area contributed by atoms with Crippen LogP contribution in [0.3, 0.4) is 0 Å². The van der Waals surface area contributed by atoms with Crippen molar-refractivity contribution >= 4 is 11.9 Å². The Morgan fingerprint density at radius 3 is 2.59 bits per heavy atom. The van der Waals surface area contributed by atoms with E-state index in [-0.39, 0.29) is 6.61 Å². The maximum absolute atomic E-state index is 11.5. The van der Waals surface area contributed by atoms with E-state index in [1.54, 1.807) is 31.3 Å². The summed E-state index contributed by atoms with van der Waals surface area (Å²) in [6, 6.07) is 5.86. The number of carboxylic acid groups (broad SMARTS) is 1. The molecule has 0 spiro atoms. The van der Waals surface area contributed by atoms with Gasteiger partial charge in [-0.25, -0.2) is 0 Å². The van der Waals surface area contributed by atoms with Gasteiger partial charge < -0.3 is 15.2 Å². The molecule has 0 unspecified atom stereocenters. The highest BCUT2D eigenvalue weighted by Gasteiger charge is 2.14. The average molecular weight is 305 g/mol. The van der Waals surface area contributed by atoms with Gasteiger partial charge in [-0.2, -0.15) is 4.80 Å². The highest BCUT2D eigenvalue weighted by molar-refractivity contribution is 5.84. The van der Waals surface area contributed by atoms with Crippen molar-refractivity contribution in [1.29, 1.82) is 0 Å². The van der Waals surface area contributed by atoms with Crippen molar-refractivity contribution in [2.24, 2.45) is 7.05 Å². The minimum Gasteiger partial charge on any atom is -0.484 e. The molecule has 0 aliphatic heterocycles. The summed E-state index contributed by atoms with van der Waals surface area (Å²) in [5, 5.41) is 22.7. The fourth-order valence-corrected chi connectivity index (χ4v) is 1.59. The molecule has 9 heteroatoms. The molecule has 0 saturated carbocycles. The van der Waals surface area contributed by atoms with E-state index in [0.29, 0.717) is 11.6 Å². The zero-order valence-corrected chi connectivity index (χ0v) is 12.1. The number of aromatic nitrogens is 4. The predicted molar refractivity (Wildman–Crippen MR) is 75.0 cm³/mol. The largest absolute Gasteiger partial charge is 0.484 e. The summed E-state index contributed by atoms with van der Waals surface area (Å²) in [4.78, 5) is 23.5. The second-order valence-corrected chi connectivity index (χ2v) is 4.54. The molecular formula is C13H15N5O4. The Morgan fingerprint density at radius 2 is 2.05 bits per heavy atom. The van der Waals surface area contributed by atoms with E-state index >= 15 is 0 Å². The van der Waals surface area contributed by atoms with Crippen molar-refractivity contribution in [3.63, 3.8) is 0 Å². The number of carbonyl (C=O) groups excluding carboxylic acids is 1. The first kappa shape index (κ1) is 15.4. The van der Waals surface area contributed by atoms with Gasteiger partial charge in [-0.3, -0.25) is 9.59 Å². The SMILES string of the molecule is C[C@H](NC(=O)COc1ccc(-c2nnn(C)n2)cc1)C(=O)O. The standard InChI is InChI=1S/C13H15N5O4/c1-8(13(20)21)14-11(19)7-22-10-5-3-9(4-6-10)12-15-17-18(2)16-12/h3-6,8H,7H2,1-2H3,(H,14,19)(H,20,21)/t8-/m0/s1. The van der Waals surface area contributed by atoms with Crippen molar-refractivity contribution < 1.29 is 19.4 Å². The van der Waals surface area contributed by atoms with Gasteiger partial charge in [0.15, 0.2) is 6.61 Å². The summed E-state index contributed by atoms with van der Waals surface area (Å²) in [5.41, 5.74) is 0.768. The topological polar surface area (TPSA) is 119 Å². The smallest absolute Gasteiger partial charge is 0.325 e. The number of hydrogen-bond acceptors (Lipinski definition) is 6. The van der Waals surface area contributed by atoms with Gasteiger partial charge in [0.1, 0.15) is 11.8 Å². The van der Waals surface area contributed by atoms with Crippen LogP contribution in [0.2, 0.25) is 0 Å². The van der Waals surface area contributed by atoms with Gasteiger partial charge in [0.2, 0.25) is 5.82 Å². The molecule has 0 aliphatic rings. The molecule has 0 aliphatic carbocycles. The highest BCUT2D eigenvalue weighted by Crippen LogP contribution is 2.18. The molecule has 22 heavy (non-hydrogen) atoms. The number of rotatable bonds is 6. The van der Waals surface area contributed by atoms with E-state index in [1.807, 2.05) is 0 Å². The van der Waals surface area contributed by atoms with Crippen molar-refractivity contribution in [2.45, 2.75) is 13.0 Å². The maximum atomic E-state index is 11.5. The van der Waals surface area contributed by atoms with Crippen LogP contribution >= 0.6 is 0 Å². The third-order valence-electron chi connectivity index (χ3n) is 2.74. The summed E-state index contributed by atoms with van der Waals surface area (Å²) in [6.45, 7) is 1.11. The number of nitrogens with zero attached hydrogens (tertiary/aromatic N) is 4. The summed E-state index contributed by atoms with van der Waals surface area (Å²) in [6.07, 6.45) is 0. The van der Waals surface area contributed by atoms with Gasteiger partial charge >= 0.3 is 5.97 Å². The van der Waals surface area contributed by atoms with Crippen LogP contribution in [-0.2, 0) is 16.6 Å². The van der Waals surface area contributed by atoms with Crippen LogP contribution in [0.15, 0.2) is 24.3 Å². The number of aryl methyl sites for hydroxylation is 1. The first-order chi connectivity index (χ1) is 10.5. The van der Waals surface area contributed by atoms with E-state index < -0.39 is 17.9 Å². The van der Waals surface area contributed by atoms with Crippen LogP contribution in [0.5, 0.6) is 5.75 Å². The van der Waals surface area contributed by atoms with Crippen LogP contribution < -0.4 is 10.1 Å². The fourth-order valence-electron chi connectivity index (χ4n) is 1.59. The summed E-state index contributed by atoms with van der Waals surface area (Å²) >= 11 is 0. The molecule has 0 saturated heterocycles. The fraction of sp³-hybridized carbons (Fsp3) is 0.308. The number of nitrogens with one attached hydrogen (secondary N) is 1. The van der Waals surface area contributed by atoms with Crippen molar-refractivity contribution in [3.8, 4) is 17.1 Å². The van der Waals surface area contributed by atoms with E-state index in [1.165, 1.54) is 11.7 Å². The molecular weight excluding hydrogens is 290 g/mol. The number of amides is 1. The van der Waals surface area contributed by atoms with Crippen LogP contribution in [0, 0.1) is 0 Å². The van der Waals surface area contributed by atoms with Crippen molar-refractivity contribution in [1.82, 2.24) is 25.5 Å². The summed E-state index contributed by atoms with van der Waals surface area (Å²) in [7, 11) is 1.67. The molecule has 1 heterocycles. The van der Waals surface area contributed by atoms with Gasteiger partial charge in [-0.05, 0) is 36.4 Å². The lowest BCUT2D eigenvalue weighted by molar-refractivity contribution is -0.141. The van der Waals surface area contributed by atoms with E-state index in [0.717, 1.165) is 5.56 Å². The molecule has 2 aromatic rings. The molecule has 0 radical (unpaired) electrons. The zero-order valence-electron chi connectivity index (χ0n) is 12.1. The quantitative estimate of drug-likeness (QED) is 0.761. The maximum Gasteiger partial charge on any atom is 0.325 e. The third-order valence-corrected chi connectivity index (χ3v) is 2.74. The summed E-state index contributed by atoms with van der Waals surface area (Å²) in [5.74, 6) is -0.642. The van der Waals surface area contributed by atoms with Gasteiger partial charge in [0.05, 0.1) is 7.05 Å². The molecule has 1 aromatic heterocycles. The molecule has 1 aromatic carbocycles. The second-order valence-electron chi connectivity index (χ2n) is 4.54. The second kappa shape index (κ2) is 6.66. The van der Waals surface area contributed by atoms with E-state index in [9.17, 15) is 9.59 Å². The third kappa shape index (κ3) is 4.01. The minimum absolute atomic E-state index is 0.264. The molecule has 1 atom stereocenters. The Labute approximate surface area is 125 Å². The van der Waals surface area contributed by atoms with E-state index in [4.69, 9.17) is 9.84 Å². The number of aliphatic carboxylic acids is 1. The average Bonchev–Trinajstić information content (AvgIpc) is 2.92. The highest BCUT2D eigenvalue weighted by atomic mass is 16.5. The lowest BCUT2D eigenvalue weighted by atomic mass is 10.2. The lowest BCUT2D eigenvalue weighted by Gasteiger charge is -2.10. The van der Waals surface area contributed by atoms with Crippen LogP contribution in [0.25, 0.3) is 11.4 Å². The predicted octanol–water partition coefficient (Wildman–Crippen LogP) is -0.155. The lowest BCUT2D eigenvalue weighted by Crippen LogP contribution is -2.40. The van der Waals surface area contributed by atoms with Crippen LogP contribution in [0.4, 0.5) is 0 Å². The van der Waals surface area contributed by atoms with Crippen molar-refractivity contribution in [3.05, 3.63) is 24.3 Å². The van der Waals surface area contributed by atoms with Gasteiger partial charge in [-0.1, -0.05) is 0 Å². The Balaban J connectivity index is 1.89. The number of benzene rings is 1. The Bertz CT molecular complexity index is 667.